The minimum absolute atomic E-state index is 0.0193. The van der Waals surface area contributed by atoms with E-state index in [0.29, 0.717) is 53.2 Å². The number of benzene rings is 4. The van der Waals surface area contributed by atoms with Gasteiger partial charge in [-0.1, -0.05) is 81.1 Å². The molecule has 1 aliphatic rings. The maximum Gasteiger partial charge on any atom is 0.272 e. The molecule has 0 spiro atoms. The third-order valence-corrected chi connectivity index (χ3v) is 17.2. The quantitative estimate of drug-likeness (QED) is 0.0827. The average molecular weight is 983 g/mol. The number of hydrogen-bond donors (Lipinski definition) is 3. The van der Waals surface area contributed by atoms with Gasteiger partial charge in [-0.3, -0.25) is 30.0 Å². The maximum atomic E-state index is 13.9. The molecule has 4 amide bonds. The number of methoxy groups -OCH3 is 2. The minimum atomic E-state index is -2.09. The summed E-state index contributed by atoms with van der Waals surface area (Å²) < 4.78 is 22.3. The van der Waals surface area contributed by atoms with E-state index < -0.39 is 25.3 Å². The van der Waals surface area contributed by atoms with Crippen molar-refractivity contribution < 1.29 is 42.9 Å². The van der Waals surface area contributed by atoms with Crippen LogP contribution in [0.15, 0.2) is 72.8 Å². The lowest BCUT2D eigenvalue weighted by atomic mass is 10.0. The van der Waals surface area contributed by atoms with Crippen LogP contribution in [0.25, 0.3) is 0 Å². The normalized spacial score (nSPS) is 12.7. The summed E-state index contributed by atoms with van der Waals surface area (Å²) in [7, 11) is 1.06. The molecule has 3 N–H and O–H groups in total. The number of hydrazine groups is 2. The van der Waals surface area contributed by atoms with Gasteiger partial charge in [0.2, 0.25) is 0 Å². The van der Waals surface area contributed by atoms with Gasteiger partial charge < -0.3 is 23.7 Å². The second-order valence-corrected chi connectivity index (χ2v) is 25.6. The van der Waals surface area contributed by atoms with Crippen molar-refractivity contribution in [3.05, 3.63) is 128 Å². The van der Waals surface area contributed by atoms with Crippen LogP contribution in [-0.4, -0.2) is 98.8 Å². The predicted octanol–water partition coefficient (Wildman–Crippen LogP) is 10.7. The van der Waals surface area contributed by atoms with Crippen molar-refractivity contribution >= 4 is 31.9 Å². The van der Waals surface area contributed by atoms with E-state index in [9.17, 15) is 24.3 Å². The fraction of sp³-hybridized carbons (Fsp3) is 0.500. The minimum Gasteiger partial charge on any atom is -0.496 e. The second kappa shape index (κ2) is 25.5. The Morgan fingerprint density at radius 1 is 0.629 bits per heavy atom. The van der Waals surface area contributed by atoms with Gasteiger partial charge in [-0.15, -0.1) is 0 Å². The first-order valence-electron chi connectivity index (χ1n) is 24.3. The molecule has 0 radical (unpaired) electrons. The number of amides is 4. The van der Waals surface area contributed by atoms with Crippen LogP contribution in [0.2, 0.25) is 18.1 Å². The van der Waals surface area contributed by atoms with Gasteiger partial charge in [0, 0.05) is 46.6 Å². The molecule has 5 rings (SSSR count). The number of hydrogen-bond acceptors (Lipinski definition) is 9. The number of carbonyl (C=O) groups excluding carboxylic acids is 4. The van der Waals surface area contributed by atoms with Gasteiger partial charge in [-0.2, -0.15) is 0 Å². The Morgan fingerprint density at radius 3 is 1.30 bits per heavy atom. The van der Waals surface area contributed by atoms with Gasteiger partial charge in [0.05, 0.1) is 38.5 Å². The summed E-state index contributed by atoms with van der Waals surface area (Å²) in [5, 5.41) is 12.5. The fourth-order valence-corrected chi connectivity index (χ4v) is 8.77. The van der Waals surface area contributed by atoms with Gasteiger partial charge in [-0.25, -0.2) is 10.0 Å². The fourth-order valence-electron chi connectivity index (χ4n) is 7.62. The number of nitrogens with zero attached hydrogens (tertiary/aromatic N) is 2. The second-order valence-electron chi connectivity index (χ2n) is 20.7. The van der Waals surface area contributed by atoms with Crippen LogP contribution < -0.4 is 20.3 Å². The molecule has 70 heavy (non-hydrogen) atoms. The van der Waals surface area contributed by atoms with Crippen molar-refractivity contribution in [1.29, 1.82) is 0 Å². The van der Waals surface area contributed by atoms with Crippen molar-refractivity contribution in [2.45, 2.75) is 145 Å². The summed E-state index contributed by atoms with van der Waals surface area (Å²) in [5.74, 6) is -0.180. The van der Waals surface area contributed by atoms with Gasteiger partial charge in [0.25, 0.3) is 23.6 Å². The van der Waals surface area contributed by atoms with Gasteiger partial charge in [0.1, 0.15) is 11.5 Å². The van der Waals surface area contributed by atoms with E-state index in [4.69, 9.17) is 18.6 Å². The molecule has 4 aromatic rings. The third kappa shape index (κ3) is 15.7. The molecule has 13 nitrogen and oxygen atoms in total. The highest BCUT2D eigenvalue weighted by Crippen LogP contribution is 2.37. The van der Waals surface area contributed by atoms with E-state index in [-0.39, 0.29) is 29.4 Å². The summed E-state index contributed by atoms with van der Waals surface area (Å²) in [4.78, 5) is 53.9. The van der Waals surface area contributed by atoms with Crippen LogP contribution in [0, 0.1) is 27.7 Å². The Labute approximate surface area is 419 Å². The Balaban J connectivity index is 0.000000341. The molecule has 0 unspecified atom stereocenters. The van der Waals surface area contributed by atoms with E-state index in [1.54, 1.807) is 70.5 Å². The van der Waals surface area contributed by atoms with Crippen LogP contribution in [0.3, 0.4) is 0 Å². The summed E-state index contributed by atoms with van der Waals surface area (Å²) in [6, 6.07) is 21.8. The van der Waals surface area contributed by atoms with Gasteiger partial charge in [-0.05, 0) is 148 Å². The van der Waals surface area contributed by atoms with Crippen LogP contribution >= 0.6 is 0 Å². The lowest BCUT2D eigenvalue weighted by Gasteiger charge is -2.43. The number of nitrogens with one attached hydrogen (secondary N) is 2. The molecule has 1 aliphatic heterocycles. The van der Waals surface area contributed by atoms with Crippen molar-refractivity contribution in [2.24, 2.45) is 0 Å². The first-order chi connectivity index (χ1) is 32.7. The van der Waals surface area contributed by atoms with Crippen molar-refractivity contribution in [3.8, 4) is 11.5 Å². The van der Waals surface area contributed by atoms with E-state index in [0.717, 1.165) is 46.6 Å². The SMILES string of the molecule is C1CCOC1.CCc1c(OC)cccc1C(=O)NN(C(=O)c1cc(C)cc(C)c1)C(C)(C)CO.CCc1c(OC)cccc1C(=O)NN(C(=O)c1cc(C)cc(C)c1)C(C)(C)CO[Si](C)(C)C(C)(C)C. The van der Waals surface area contributed by atoms with Crippen LogP contribution in [0.5, 0.6) is 11.5 Å². The van der Waals surface area contributed by atoms with Crippen molar-refractivity contribution in [2.75, 3.05) is 40.6 Å². The number of rotatable bonds is 14. The highest BCUT2D eigenvalue weighted by Gasteiger charge is 2.42. The van der Waals surface area contributed by atoms with Crippen LogP contribution in [0.4, 0.5) is 0 Å². The third-order valence-electron chi connectivity index (χ3n) is 12.7. The summed E-state index contributed by atoms with van der Waals surface area (Å²) in [5.41, 5.74) is 11.1. The predicted molar refractivity (Wildman–Crippen MR) is 282 cm³/mol. The molecule has 1 fully saturated rings. The molecule has 4 aromatic carbocycles. The molecule has 1 saturated heterocycles. The number of aliphatic hydroxyl groups excluding tert-OH is 1. The number of ether oxygens (including phenoxy) is 3. The maximum absolute atomic E-state index is 13.9. The summed E-state index contributed by atoms with van der Waals surface area (Å²) >= 11 is 0. The number of aryl methyl sites for hydroxylation is 4. The molecule has 0 saturated carbocycles. The van der Waals surface area contributed by atoms with E-state index >= 15 is 0 Å². The largest absolute Gasteiger partial charge is 0.496 e. The van der Waals surface area contributed by atoms with Gasteiger partial charge in [0.15, 0.2) is 8.32 Å². The first-order valence-corrected chi connectivity index (χ1v) is 27.2. The molecular weight excluding hydrogens is 901 g/mol. The Hall–Kier alpha value is -5.54. The molecule has 14 heteroatoms. The molecule has 0 bridgehead atoms. The van der Waals surface area contributed by atoms with Crippen LogP contribution in [0.1, 0.15) is 150 Å². The van der Waals surface area contributed by atoms with Crippen molar-refractivity contribution in [3.63, 3.8) is 0 Å². The lowest BCUT2D eigenvalue weighted by molar-refractivity contribution is 0.0141. The molecular formula is C56H82N4O9Si. The number of aliphatic hydroxyl groups is 1. The highest BCUT2D eigenvalue weighted by molar-refractivity contribution is 6.74. The Bertz CT molecular complexity index is 2370. The standard InChI is InChI=1S/C29H44N2O4Si.C23H30N2O4.C4H8O/c1-12-23-24(14-13-15-25(23)34-9)26(32)30-31(27(33)22-17-20(2)16-21(3)18-22)29(7,8)19-35-36(10,11)28(4,5)6;1-7-18-19(9-8-10-20(18)29-6)21(27)24-25(23(4,5)14-26)22(28)17-12-15(2)11-16(3)13-17;1-2-4-5-3-1/h13-18H,12,19H2,1-11H3,(H,30,32);8-13,26H,7,14H2,1-6H3,(H,24,27);1-4H2. The van der Waals surface area contributed by atoms with Gasteiger partial charge >= 0.3 is 0 Å². The molecule has 384 valence electrons. The molecule has 1 heterocycles. The monoisotopic (exact) mass is 983 g/mol. The summed E-state index contributed by atoms with van der Waals surface area (Å²) in [6.45, 7) is 31.8. The Kier molecular flexibility index (Phi) is 21.4. The lowest BCUT2D eigenvalue weighted by Crippen LogP contribution is -2.60. The summed E-state index contributed by atoms with van der Waals surface area (Å²) in [6.07, 6.45) is 3.77. The molecule has 0 atom stereocenters. The molecule has 0 aliphatic carbocycles. The van der Waals surface area contributed by atoms with E-state index in [1.165, 1.54) is 22.9 Å². The number of carbonyl (C=O) groups is 4. The first kappa shape index (κ1) is 58.8. The molecule has 0 aromatic heterocycles. The zero-order valence-electron chi connectivity index (χ0n) is 45.2. The van der Waals surface area contributed by atoms with Crippen LogP contribution in [-0.2, 0) is 22.0 Å². The average Bonchev–Trinajstić information content (AvgIpc) is 3.90. The smallest absolute Gasteiger partial charge is 0.272 e. The zero-order chi connectivity index (χ0) is 52.8. The Morgan fingerprint density at radius 2 is 1.00 bits per heavy atom. The van der Waals surface area contributed by atoms with E-state index in [1.807, 2.05) is 85.7 Å². The van der Waals surface area contributed by atoms with Crippen molar-refractivity contribution in [1.82, 2.24) is 20.9 Å². The topological polar surface area (TPSA) is 156 Å². The highest BCUT2D eigenvalue weighted by atomic mass is 28.4. The zero-order valence-corrected chi connectivity index (χ0v) is 46.2. The van der Waals surface area contributed by atoms with E-state index in [2.05, 4.69) is 44.7 Å².